The minimum atomic E-state index is -1.31. The molecule has 34 heavy (non-hydrogen) atoms. The summed E-state index contributed by atoms with van der Waals surface area (Å²) in [6.07, 6.45) is -0.406. The maximum Gasteiger partial charge on any atom is 0.341 e. The SMILES string of the molecule is NC(CC(=O)N1CCSC1C(=O)Nc1cccc(OCC(=O)O)c1)Cc1cc(F)c(F)cc1F. The number of hydrogen-bond acceptors (Lipinski definition) is 6. The minimum Gasteiger partial charge on any atom is -0.482 e. The van der Waals surface area contributed by atoms with E-state index in [2.05, 4.69) is 5.32 Å². The molecule has 2 atom stereocenters. The first-order valence-electron chi connectivity index (χ1n) is 10.2. The van der Waals surface area contributed by atoms with Crippen molar-refractivity contribution in [2.45, 2.75) is 24.3 Å². The molecule has 0 spiro atoms. The summed E-state index contributed by atoms with van der Waals surface area (Å²) in [5.41, 5.74) is 6.16. The van der Waals surface area contributed by atoms with Crippen LogP contribution in [0.5, 0.6) is 5.75 Å². The molecular formula is C22H22F3N3O5S. The zero-order valence-corrected chi connectivity index (χ0v) is 18.6. The van der Waals surface area contributed by atoms with Gasteiger partial charge < -0.3 is 25.8 Å². The highest BCUT2D eigenvalue weighted by Gasteiger charge is 2.35. The highest BCUT2D eigenvalue weighted by atomic mass is 32.2. The number of anilines is 1. The Bertz CT molecular complexity index is 1090. The van der Waals surface area contributed by atoms with Gasteiger partial charge >= 0.3 is 5.97 Å². The van der Waals surface area contributed by atoms with E-state index in [1.54, 1.807) is 12.1 Å². The number of carboxylic acid groups (broad SMARTS) is 1. The number of aliphatic carboxylic acids is 1. The van der Waals surface area contributed by atoms with Crippen LogP contribution >= 0.6 is 11.8 Å². The van der Waals surface area contributed by atoms with Crippen LogP contribution in [-0.2, 0) is 20.8 Å². The Balaban J connectivity index is 1.59. The summed E-state index contributed by atoms with van der Waals surface area (Å²) >= 11 is 1.25. The average Bonchev–Trinajstić information content (AvgIpc) is 3.27. The highest BCUT2D eigenvalue weighted by Crippen LogP contribution is 2.27. The molecular weight excluding hydrogens is 475 g/mol. The Morgan fingerprint density at radius 3 is 2.65 bits per heavy atom. The van der Waals surface area contributed by atoms with E-state index in [4.69, 9.17) is 15.6 Å². The number of nitrogens with one attached hydrogen (secondary N) is 1. The van der Waals surface area contributed by atoms with Crippen LogP contribution in [0.1, 0.15) is 12.0 Å². The number of amides is 2. The van der Waals surface area contributed by atoms with Crippen molar-refractivity contribution in [1.82, 2.24) is 4.90 Å². The zero-order valence-electron chi connectivity index (χ0n) is 17.8. The number of hydrogen-bond donors (Lipinski definition) is 3. The van der Waals surface area contributed by atoms with Crippen LogP contribution in [0.2, 0.25) is 0 Å². The lowest BCUT2D eigenvalue weighted by Crippen LogP contribution is -2.44. The highest BCUT2D eigenvalue weighted by molar-refractivity contribution is 8.00. The van der Waals surface area contributed by atoms with Crippen molar-refractivity contribution < 1.29 is 37.4 Å². The van der Waals surface area contributed by atoms with Crippen molar-refractivity contribution in [3.05, 3.63) is 59.4 Å². The zero-order chi connectivity index (χ0) is 24.8. The van der Waals surface area contributed by atoms with Gasteiger partial charge in [0.1, 0.15) is 11.6 Å². The molecule has 2 aromatic carbocycles. The molecule has 1 fully saturated rings. The van der Waals surface area contributed by atoms with Crippen LogP contribution in [-0.4, -0.2) is 58.1 Å². The van der Waals surface area contributed by atoms with Gasteiger partial charge in [0, 0.05) is 42.6 Å². The van der Waals surface area contributed by atoms with E-state index in [0.29, 0.717) is 30.1 Å². The summed E-state index contributed by atoms with van der Waals surface area (Å²) in [5, 5.41) is 10.5. The summed E-state index contributed by atoms with van der Waals surface area (Å²) in [6, 6.07) is 6.43. The quantitative estimate of drug-likeness (QED) is 0.455. The maximum atomic E-state index is 13.9. The van der Waals surface area contributed by atoms with Crippen molar-refractivity contribution in [3.63, 3.8) is 0 Å². The van der Waals surface area contributed by atoms with Gasteiger partial charge in [-0.05, 0) is 30.2 Å². The monoisotopic (exact) mass is 497 g/mol. The Labute approximate surface area is 197 Å². The van der Waals surface area contributed by atoms with Crippen LogP contribution in [0.25, 0.3) is 0 Å². The fraction of sp³-hybridized carbons (Fsp3) is 0.318. The van der Waals surface area contributed by atoms with E-state index in [0.717, 1.165) is 0 Å². The standard InChI is InChI=1S/C22H22F3N3O5S/c23-16-10-18(25)17(24)7-12(16)6-13(26)8-19(29)28-4-5-34-22(28)21(32)27-14-2-1-3-15(9-14)33-11-20(30)31/h1-3,7,9-10,13,22H,4-6,8,11,26H2,(H,27,32)(H,30,31). The van der Waals surface area contributed by atoms with Gasteiger partial charge in [-0.1, -0.05) is 6.07 Å². The fourth-order valence-corrected chi connectivity index (χ4v) is 4.51. The number of rotatable bonds is 9. The summed E-state index contributed by atoms with van der Waals surface area (Å²) in [5.74, 6) is -4.75. The normalized spacial score (nSPS) is 16.2. The van der Waals surface area contributed by atoms with E-state index in [-0.39, 0.29) is 24.2 Å². The first-order valence-corrected chi connectivity index (χ1v) is 11.2. The molecule has 0 radical (unpaired) electrons. The number of nitrogens with two attached hydrogens (primary N) is 1. The molecule has 1 aliphatic rings. The molecule has 0 aliphatic carbocycles. The molecule has 1 aliphatic heterocycles. The van der Waals surface area contributed by atoms with Crippen molar-refractivity contribution in [2.24, 2.45) is 5.73 Å². The van der Waals surface area contributed by atoms with Crippen molar-refractivity contribution in [1.29, 1.82) is 0 Å². The second-order valence-corrected chi connectivity index (χ2v) is 8.72. The molecule has 0 bridgehead atoms. The van der Waals surface area contributed by atoms with Crippen LogP contribution in [0, 0.1) is 17.5 Å². The van der Waals surface area contributed by atoms with E-state index in [1.165, 1.54) is 28.8 Å². The van der Waals surface area contributed by atoms with E-state index in [9.17, 15) is 27.6 Å². The topological polar surface area (TPSA) is 122 Å². The van der Waals surface area contributed by atoms with Gasteiger partial charge in [-0.25, -0.2) is 18.0 Å². The van der Waals surface area contributed by atoms with Gasteiger partial charge in [-0.3, -0.25) is 9.59 Å². The third kappa shape index (κ3) is 6.64. The Kier molecular flexibility index (Phi) is 8.40. The molecule has 0 aromatic heterocycles. The molecule has 1 heterocycles. The first kappa shape index (κ1) is 25.4. The van der Waals surface area contributed by atoms with Crippen LogP contribution < -0.4 is 15.8 Å². The molecule has 8 nitrogen and oxygen atoms in total. The van der Waals surface area contributed by atoms with Gasteiger partial charge in [0.05, 0.1) is 0 Å². The molecule has 182 valence electrons. The van der Waals surface area contributed by atoms with E-state index >= 15 is 0 Å². The lowest BCUT2D eigenvalue weighted by molar-refractivity contribution is -0.139. The van der Waals surface area contributed by atoms with Crippen molar-refractivity contribution >= 4 is 35.2 Å². The predicted molar refractivity (Wildman–Crippen MR) is 119 cm³/mol. The van der Waals surface area contributed by atoms with Gasteiger partial charge in [0.2, 0.25) is 5.91 Å². The summed E-state index contributed by atoms with van der Waals surface area (Å²) in [6.45, 7) is -0.234. The smallest absolute Gasteiger partial charge is 0.341 e. The molecule has 1 saturated heterocycles. The Morgan fingerprint density at radius 1 is 1.18 bits per heavy atom. The predicted octanol–water partition coefficient (Wildman–Crippen LogP) is 2.37. The first-order chi connectivity index (χ1) is 16.1. The number of carbonyl (C=O) groups excluding carboxylic acids is 2. The maximum absolute atomic E-state index is 13.9. The number of nitrogens with zero attached hydrogens (tertiary/aromatic N) is 1. The van der Waals surface area contributed by atoms with Crippen LogP contribution in [0.3, 0.4) is 0 Å². The van der Waals surface area contributed by atoms with Crippen LogP contribution in [0.4, 0.5) is 18.9 Å². The number of ether oxygens (including phenoxy) is 1. The number of thioether (sulfide) groups is 1. The second-order valence-electron chi connectivity index (χ2n) is 7.54. The largest absolute Gasteiger partial charge is 0.482 e. The second kappa shape index (κ2) is 11.3. The van der Waals surface area contributed by atoms with Crippen molar-refractivity contribution in [2.75, 3.05) is 24.2 Å². The number of halogens is 3. The third-order valence-electron chi connectivity index (χ3n) is 4.91. The molecule has 3 rings (SSSR count). The Morgan fingerprint density at radius 2 is 1.91 bits per heavy atom. The minimum absolute atomic E-state index is 0.144. The average molecular weight is 497 g/mol. The Hall–Kier alpha value is -3.25. The molecule has 2 aromatic rings. The number of carboxylic acids is 1. The van der Waals surface area contributed by atoms with Crippen molar-refractivity contribution in [3.8, 4) is 5.75 Å². The summed E-state index contributed by atoms with van der Waals surface area (Å²) in [4.78, 5) is 37.5. The van der Waals surface area contributed by atoms with Gasteiger partial charge in [-0.2, -0.15) is 0 Å². The molecule has 2 amide bonds. The molecule has 0 saturated carbocycles. The summed E-state index contributed by atoms with van der Waals surface area (Å²) < 4.78 is 45.5. The lowest BCUT2D eigenvalue weighted by atomic mass is 10.0. The summed E-state index contributed by atoms with van der Waals surface area (Å²) in [7, 11) is 0. The van der Waals surface area contributed by atoms with Gasteiger partial charge in [0.15, 0.2) is 23.6 Å². The molecule has 4 N–H and O–H groups in total. The van der Waals surface area contributed by atoms with E-state index in [1.807, 2.05) is 0 Å². The fourth-order valence-electron chi connectivity index (χ4n) is 3.37. The lowest BCUT2D eigenvalue weighted by Gasteiger charge is -2.24. The number of benzene rings is 2. The van der Waals surface area contributed by atoms with E-state index < -0.39 is 53.3 Å². The molecule has 12 heteroatoms. The van der Waals surface area contributed by atoms with Crippen LogP contribution in [0.15, 0.2) is 36.4 Å². The van der Waals surface area contributed by atoms with Gasteiger partial charge in [0.25, 0.3) is 5.91 Å². The van der Waals surface area contributed by atoms with Gasteiger partial charge in [-0.15, -0.1) is 11.8 Å². The molecule has 2 unspecified atom stereocenters. The third-order valence-corrected chi connectivity index (χ3v) is 6.11. The number of carbonyl (C=O) groups is 3.